The molecule has 0 aliphatic heterocycles. The van der Waals surface area contributed by atoms with Crippen molar-refractivity contribution in [1.82, 2.24) is 10.3 Å². The van der Waals surface area contributed by atoms with Crippen molar-refractivity contribution >= 4 is 23.2 Å². The van der Waals surface area contributed by atoms with Gasteiger partial charge >= 0.3 is 0 Å². The number of halogens is 1. The monoisotopic (exact) mass is 327 g/mol. The smallest absolute Gasteiger partial charge is 0.226 e. The molecule has 0 radical (unpaired) electrons. The molecule has 2 atom stereocenters. The van der Waals surface area contributed by atoms with E-state index in [-0.39, 0.29) is 35.2 Å². The first-order valence-electron chi connectivity index (χ1n) is 7.48. The largest absolute Gasteiger partial charge is 0.395 e. The number of amides is 1. The summed E-state index contributed by atoms with van der Waals surface area (Å²) in [6.07, 6.45) is 2.70. The van der Waals surface area contributed by atoms with Crippen molar-refractivity contribution < 1.29 is 9.90 Å². The molecule has 0 aliphatic carbocycles. The van der Waals surface area contributed by atoms with Crippen molar-refractivity contribution in [1.29, 1.82) is 0 Å². The summed E-state index contributed by atoms with van der Waals surface area (Å²) in [5, 5.41) is 15.8. The molecular formula is C16H26ClN3O2. The summed E-state index contributed by atoms with van der Waals surface area (Å²) in [6.45, 7) is 8.35. The molecule has 124 valence electrons. The van der Waals surface area contributed by atoms with Crippen LogP contribution >= 0.6 is 11.6 Å². The van der Waals surface area contributed by atoms with E-state index in [4.69, 9.17) is 11.6 Å². The van der Waals surface area contributed by atoms with Gasteiger partial charge in [0.15, 0.2) is 5.15 Å². The minimum absolute atomic E-state index is 0.0234. The third-order valence-corrected chi connectivity index (χ3v) is 3.43. The van der Waals surface area contributed by atoms with E-state index in [9.17, 15) is 9.90 Å². The Morgan fingerprint density at radius 2 is 2.14 bits per heavy atom. The number of hydrogen-bond donors (Lipinski definition) is 3. The van der Waals surface area contributed by atoms with Crippen molar-refractivity contribution in [2.45, 2.75) is 52.6 Å². The molecule has 5 nitrogen and oxygen atoms in total. The van der Waals surface area contributed by atoms with Gasteiger partial charge < -0.3 is 15.7 Å². The highest BCUT2D eigenvalue weighted by Gasteiger charge is 2.20. The van der Waals surface area contributed by atoms with E-state index in [0.717, 1.165) is 6.42 Å². The molecule has 0 aliphatic rings. The van der Waals surface area contributed by atoms with Gasteiger partial charge in [-0.15, -0.1) is 0 Å². The Morgan fingerprint density at radius 3 is 2.68 bits per heavy atom. The van der Waals surface area contributed by atoms with Gasteiger partial charge in [0.25, 0.3) is 0 Å². The lowest BCUT2D eigenvalue weighted by Crippen LogP contribution is -2.42. The van der Waals surface area contributed by atoms with E-state index in [0.29, 0.717) is 12.1 Å². The van der Waals surface area contributed by atoms with E-state index >= 15 is 0 Å². The molecule has 1 aromatic heterocycles. The number of aromatic nitrogens is 1. The van der Waals surface area contributed by atoms with Gasteiger partial charge in [-0.1, -0.05) is 32.4 Å². The van der Waals surface area contributed by atoms with Crippen LogP contribution in [-0.4, -0.2) is 34.7 Å². The Kier molecular flexibility index (Phi) is 7.26. The molecule has 1 amide bonds. The molecule has 0 aromatic carbocycles. The van der Waals surface area contributed by atoms with Crippen LogP contribution in [0.25, 0.3) is 0 Å². The summed E-state index contributed by atoms with van der Waals surface area (Å²) in [4.78, 5) is 15.9. The fourth-order valence-electron chi connectivity index (χ4n) is 2.34. The SMILES string of the molecule is CC(CC(=O)Nc1cccnc1Cl)NC(CO)CC(C)(C)C. The minimum Gasteiger partial charge on any atom is -0.395 e. The van der Waals surface area contributed by atoms with Crippen molar-refractivity contribution in [3.63, 3.8) is 0 Å². The Bertz CT molecular complexity index is 489. The van der Waals surface area contributed by atoms with Gasteiger partial charge in [0, 0.05) is 24.7 Å². The number of hydrogen-bond acceptors (Lipinski definition) is 4. The quantitative estimate of drug-likeness (QED) is 0.673. The van der Waals surface area contributed by atoms with E-state index in [1.54, 1.807) is 18.3 Å². The summed E-state index contributed by atoms with van der Waals surface area (Å²) in [5.41, 5.74) is 0.626. The van der Waals surface area contributed by atoms with Gasteiger partial charge in [-0.2, -0.15) is 0 Å². The second kappa shape index (κ2) is 8.46. The summed E-state index contributed by atoms with van der Waals surface area (Å²) in [7, 11) is 0. The second-order valence-corrected chi connectivity index (χ2v) is 7.16. The van der Waals surface area contributed by atoms with Gasteiger partial charge in [0.1, 0.15) is 0 Å². The van der Waals surface area contributed by atoms with Gasteiger partial charge in [-0.05, 0) is 30.9 Å². The first-order valence-corrected chi connectivity index (χ1v) is 7.86. The molecule has 0 bridgehead atoms. The standard InChI is InChI=1S/C16H26ClN3O2/c1-11(19-12(10-21)9-16(2,3)4)8-14(22)20-13-6-5-7-18-15(13)17/h5-7,11-12,19,21H,8-10H2,1-4H3,(H,20,22). The van der Waals surface area contributed by atoms with Crippen LogP contribution in [0.2, 0.25) is 5.15 Å². The fraction of sp³-hybridized carbons (Fsp3) is 0.625. The van der Waals surface area contributed by atoms with Gasteiger partial charge in [0.2, 0.25) is 5.91 Å². The predicted octanol–water partition coefficient (Wildman–Crippen LogP) is 2.84. The molecule has 0 spiro atoms. The van der Waals surface area contributed by atoms with Crippen LogP contribution in [0.5, 0.6) is 0 Å². The molecule has 1 heterocycles. The molecule has 6 heteroatoms. The lowest BCUT2D eigenvalue weighted by molar-refractivity contribution is -0.116. The van der Waals surface area contributed by atoms with Gasteiger partial charge in [-0.25, -0.2) is 4.98 Å². The zero-order chi connectivity index (χ0) is 16.8. The fourth-order valence-corrected chi connectivity index (χ4v) is 2.50. The number of aliphatic hydroxyl groups is 1. The van der Waals surface area contributed by atoms with Crippen LogP contribution in [0.4, 0.5) is 5.69 Å². The number of nitrogens with zero attached hydrogens (tertiary/aromatic N) is 1. The predicted molar refractivity (Wildman–Crippen MR) is 90.0 cm³/mol. The van der Waals surface area contributed by atoms with E-state index < -0.39 is 0 Å². The van der Waals surface area contributed by atoms with Crippen LogP contribution in [0.15, 0.2) is 18.3 Å². The molecule has 1 aromatic rings. The van der Waals surface area contributed by atoms with Crippen LogP contribution in [0, 0.1) is 5.41 Å². The second-order valence-electron chi connectivity index (χ2n) is 6.81. The number of carbonyl (C=O) groups is 1. The maximum Gasteiger partial charge on any atom is 0.226 e. The van der Waals surface area contributed by atoms with Gasteiger partial charge in [0.05, 0.1) is 12.3 Å². The number of carbonyl (C=O) groups excluding carboxylic acids is 1. The molecule has 22 heavy (non-hydrogen) atoms. The summed E-state index contributed by atoms with van der Waals surface area (Å²) >= 11 is 5.91. The molecule has 0 saturated heterocycles. The highest BCUT2D eigenvalue weighted by atomic mass is 35.5. The van der Waals surface area contributed by atoms with Gasteiger partial charge in [-0.3, -0.25) is 4.79 Å². The van der Waals surface area contributed by atoms with Crippen LogP contribution in [-0.2, 0) is 4.79 Å². The van der Waals surface area contributed by atoms with Crippen molar-refractivity contribution in [2.24, 2.45) is 5.41 Å². The number of anilines is 1. The van der Waals surface area contributed by atoms with Crippen LogP contribution in [0.1, 0.15) is 40.5 Å². The van der Waals surface area contributed by atoms with E-state index in [1.165, 1.54) is 0 Å². The average Bonchev–Trinajstić information content (AvgIpc) is 2.38. The average molecular weight is 328 g/mol. The number of rotatable bonds is 7. The number of nitrogens with one attached hydrogen (secondary N) is 2. The third-order valence-electron chi connectivity index (χ3n) is 3.12. The van der Waals surface area contributed by atoms with Crippen LogP contribution < -0.4 is 10.6 Å². The number of pyridine rings is 1. The summed E-state index contributed by atoms with van der Waals surface area (Å²) in [6, 6.07) is 3.36. The lowest BCUT2D eigenvalue weighted by atomic mass is 9.88. The summed E-state index contributed by atoms with van der Waals surface area (Å²) in [5.74, 6) is -0.137. The zero-order valence-electron chi connectivity index (χ0n) is 13.7. The van der Waals surface area contributed by atoms with Crippen molar-refractivity contribution in [3.05, 3.63) is 23.5 Å². The molecule has 0 saturated carbocycles. The van der Waals surface area contributed by atoms with E-state index in [2.05, 4.69) is 36.4 Å². The highest BCUT2D eigenvalue weighted by Crippen LogP contribution is 2.21. The maximum absolute atomic E-state index is 12.0. The Hall–Kier alpha value is -1.17. The summed E-state index contributed by atoms with van der Waals surface area (Å²) < 4.78 is 0. The normalized spacial score (nSPS) is 14.5. The van der Waals surface area contributed by atoms with E-state index in [1.807, 2.05) is 6.92 Å². The number of aliphatic hydroxyl groups excluding tert-OH is 1. The third kappa shape index (κ3) is 7.20. The molecule has 3 N–H and O–H groups in total. The van der Waals surface area contributed by atoms with Crippen LogP contribution in [0.3, 0.4) is 0 Å². The zero-order valence-corrected chi connectivity index (χ0v) is 14.4. The lowest BCUT2D eigenvalue weighted by Gasteiger charge is -2.28. The molecule has 1 rings (SSSR count). The topological polar surface area (TPSA) is 74.2 Å². The maximum atomic E-state index is 12.0. The highest BCUT2D eigenvalue weighted by molar-refractivity contribution is 6.32. The first kappa shape index (κ1) is 18.9. The minimum atomic E-state index is -0.137. The Morgan fingerprint density at radius 1 is 1.45 bits per heavy atom. The molecule has 0 fully saturated rings. The van der Waals surface area contributed by atoms with Crippen molar-refractivity contribution in [2.75, 3.05) is 11.9 Å². The van der Waals surface area contributed by atoms with Crippen molar-refractivity contribution in [3.8, 4) is 0 Å². The Labute approximate surface area is 137 Å². The molecule has 2 unspecified atom stereocenters. The molecular weight excluding hydrogens is 302 g/mol. The first-order chi connectivity index (χ1) is 10.2. The Balaban J connectivity index is 2.48.